The zero-order chi connectivity index (χ0) is 19.4. The van der Waals surface area contributed by atoms with Crippen LogP contribution in [0.3, 0.4) is 0 Å². The van der Waals surface area contributed by atoms with Crippen LogP contribution < -0.4 is 5.32 Å². The Morgan fingerprint density at radius 1 is 1.15 bits per heavy atom. The first-order chi connectivity index (χ1) is 13.0. The summed E-state index contributed by atoms with van der Waals surface area (Å²) in [6.07, 6.45) is 1.37. The highest BCUT2D eigenvalue weighted by Gasteiger charge is 2.34. The molecule has 0 saturated carbocycles. The van der Waals surface area contributed by atoms with E-state index in [2.05, 4.69) is 5.32 Å². The van der Waals surface area contributed by atoms with Gasteiger partial charge in [-0.05, 0) is 43.0 Å². The summed E-state index contributed by atoms with van der Waals surface area (Å²) in [6, 6.07) is 13.1. The van der Waals surface area contributed by atoms with Crippen molar-refractivity contribution in [3.8, 4) is 0 Å². The van der Waals surface area contributed by atoms with Crippen molar-refractivity contribution in [2.75, 3.05) is 13.1 Å². The van der Waals surface area contributed by atoms with Crippen molar-refractivity contribution in [1.29, 1.82) is 0 Å². The van der Waals surface area contributed by atoms with E-state index in [4.69, 9.17) is 0 Å². The van der Waals surface area contributed by atoms with Gasteiger partial charge in [0.25, 0.3) is 17.1 Å². The highest BCUT2D eigenvalue weighted by Crippen LogP contribution is 2.32. The maximum Gasteiger partial charge on any atom is 0.293 e. The molecule has 3 amide bonds. The molecule has 1 heterocycles. The first kappa shape index (κ1) is 18.8. The van der Waals surface area contributed by atoms with Gasteiger partial charge in [-0.3, -0.25) is 19.3 Å². The summed E-state index contributed by atoms with van der Waals surface area (Å²) in [6.45, 7) is 2.12. The number of nitrogens with one attached hydrogen (secondary N) is 1. The topological polar surface area (TPSA) is 66.5 Å². The van der Waals surface area contributed by atoms with Gasteiger partial charge in [0.2, 0.25) is 0 Å². The third-order valence-corrected chi connectivity index (χ3v) is 4.91. The van der Waals surface area contributed by atoms with Crippen LogP contribution in [-0.2, 0) is 4.79 Å². The van der Waals surface area contributed by atoms with Crippen LogP contribution >= 0.6 is 11.8 Å². The van der Waals surface area contributed by atoms with Crippen molar-refractivity contribution in [2.45, 2.75) is 6.92 Å². The molecule has 0 unspecified atom stereocenters. The minimum absolute atomic E-state index is 0.0525. The fourth-order valence-corrected chi connectivity index (χ4v) is 3.37. The van der Waals surface area contributed by atoms with E-state index in [9.17, 15) is 18.8 Å². The van der Waals surface area contributed by atoms with Gasteiger partial charge in [0.15, 0.2) is 0 Å². The molecule has 0 aliphatic carbocycles. The lowest BCUT2D eigenvalue weighted by Crippen LogP contribution is -2.37. The van der Waals surface area contributed by atoms with Crippen LogP contribution in [0.5, 0.6) is 0 Å². The summed E-state index contributed by atoms with van der Waals surface area (Å²) < 4.78 is 13.7. The smallest absolute Gasteiger partial charge is 0.293 e. The Bertz CT molecular complexity index is 925. The Hall–Kier alpha value is -2.93. The molecule has 0 radical (unpaired) electrons. The number of nitrogens with zero attached hydrogens (tertiary/aromatic N) is 1. The van der Waals surface area contributed by atoms with E-state index in [0.717, 1.165) is 22.2 Å². The zero-order valence-electron chi connectivity index (χ0n) is 14.6. The lowest BCUT2D eigenvalue weighted by molar-refractivity contribution is -0.122. The summed E-state index contributed by atoms with van der Waals surface area (Å²) in [5.41, 5.74) is 1.80. The Balaban J connectivity index is 1.60. The molecule has 27 heavy (non-hydrogen) atoms. The molecule has 5 nitrogen and oxygen atoms in total. The Morgan fingerprint density at radius 3 is 2.56 bits per heavy atom. The van der Waals surface area contributed by atoms with E-state index in [0.29, 0.717) is 5.56 Å². The van der Waals surface area contributed by atoms with Crippen LogP contribution in [0.4, 0.5) is 9.18 Å². The predicted octanol–water partition coefficient (Wildman–Crippen LogP) is 3.60. The number of benzene rings is 2. The third kappa shape index (κ3) is 4.43. The standard InChI is InChI=1S/C20H17FN2O3S/c1-13-6-8-14(9-7-13)18(24)22-10-11-23-19(25)17(27-20(23)26)12-15-4-2-3-5-16(15)21/h2-9,12H,10-11H2,1H3,(H,22,24). The van der Waals surface area contributed by atoms with Gasteiger partial charge in [-0.2, -0.15) is 0 Å². The highest BCUT2D eigenvalue weighted by molar-refractivity contribution is 8.18. The molecule has 7 heteroatoms. The van der Waals surface area contributed by atoms with Crippen molar-refractivity contribution in [3.05, 3.63) is 75.9 Å². The number of carbonyl (C=O) groups is 3. The molecule has 2 aromatic carbocycles. The number of aryl methyl sites for hydroxylation is 1. The average molecular weight is 384 g/mol. The van der Waals surface area contributed by atoms with Gasteiger partial charge in [-0.15, -0.1) is 0 Å². The Kier molecular flexibility index (Phi) is 5.71. The van der Waals surface area contributed by atoms with Crippen LogP contribution in [-0.4, -0.2) is 35.0 Å². The monoisotopic (exact) mass is 384 g/mol. The van der Waals surface area contributed by atoms with Gasteiger partial charge in [0.05, 0.1) is 4.91 Å². The lowest BCUT2D eigenvalue weighted by Gasteiger charge is -2.13. The van der Waals surface area contributed by atoms with E-state index in [1.165, 1.54) is 18.2 Å². The second kappa shape index (κ2) is 8.18. The Morgan fingerprint density at radius 2 is 1.85 bits per heavy atom. The van der Waals surface area contributed by atoms with Gasteiger partial charge in [0.1, 0.15) is 5.82 Å². The normalized spacial score (nSPS) is 15.5. The first-order valence-corrected chi connectivity index (χ1v) is 9.12. The predicted molar refractivity (Wildman–Crippen MR) is 103 cm³/mol. The Labute approximate surface area is 160 Å². The van der Waals surface area contributed by atoms with Crippen LogP contribution in [0.25, 0.3) is 6.08 Å². The van der Waals surface area contributed by atoms with Crippen LogP contribution in [0.2, 0.25) is 0 Å². The molecule has 1 aliphatic rings. The largest absolute Gasteiger partial charge is 0.350 e. The number of rotatable bonds is 5. The number of halogens is 1. The molecular weight excluding hydrogens is 367 g/mol. The van der Waals surface area contributed by atoms with Crippen molar-refractivity contribution in [2.24, 2.45) is 0 Å². The summed E-state index contributed by atoms with van der Waals surface area (Å²) in [7, 11) is 0. The second-order valence-electron chi connectivity index (χ2n) is 5.98. The summed E-state index contributed by atoms with van der Waals surface area (Å²) in [5, 5.41) is 2.25. The van der Waals surface area contributed by atoms with Crippen molar-refractivity contribution >= 4 is 34.9 Å². The number of imide groups is 1. The quantitative estimate of drug-likeness (QED) is 0.800. The van der Waals surface area contributed by atoms with E-state index >= 15 is 0 Å². The highest BCUT2D eigenvalue weighted by atomic mass is 32.2. The molecule has 0 bridgehead atoms. The van der Waals surface area contributed by atoms with Crippen molar-refractivity contribution in [3.63, 3.8) is 0 Å². The average Bonchev–Trinajstić information content (AvgIpc) is 2.91. The molecule has 0 atom stereocenters. The summed E-state index contributed by atoms with van der Waals surface area (Å²) in [4.78, 5) is 37.8. The molecule has 138 valence electrons. The molecule has 0 spiro atoms. The second-order valence-corrected chi connectivity index (χ2v) is 6.97. The zero-order valence-corrected chi connectivity index (χ0v) is 15.4. The number of amides is 3. The number of hydrogen-bond donors (Lipinski definition) is 1. The minimum atomic E-state index is -0.488. The van der Waals surface area contributed by atoms with Gasteiger partial charge < -0.3 is 5.32 Å². The molecule has 3 rings (SSSR count). The van der Waals surface area contributed by atoms with Gasteiger partial charge in [-0.25, -0.2) is 4.39 Å². The maximum atomic E-state index is 13.7. The molecule has 1 saturated heterocycles. The molecule has 2 aromatic rings. The number of thioether (sulfide) groups is 1. The molecule has 0 aromatic heterocycles. The van der Waals surface area contributed by atoms with E-state index < -0.39 is 17.0 Å². The van der Waals surface area contributed by atoms with Crippen molar-refractivity contribution in [1.82, 2.24) is 10.2 Å². The minimum Gasteiger partial charge on any atom is -0.350 e. The van der Waals surface area contributed by atoms with Gasteiger partial charge in [0, 0.05) is 24.2 Å². The van der Waals surface area contributed by atoms with E-state index in [1.807, 2.05) is 19.1 Å². The van der Waals surface area contributed by atoms with Crippen LogP contribution in [0, 0.1) is 12.7 Å². The van der Waals surface area contributed by atoms with E-state index in [1.54, 1.807) is 24.3 Å². The third-order valence-electron chi connectivity index (χ3n) is 4.00. The summed E-state index contributed by atoms with van der Waals surface area (Å²) in [5.74, 6) is -1.23. The molecule has 1 aliphatic heterocycles. The SMILES string of the molecule is Cc1ccc(C(=O)NCCN2C(=O)SC(=Cc3ccccc3F)C2=O)cc1. The molecule has 1 fully saturated rings. The molecule has 1 N–H and O–H groups in total. The molecular formula is C20H17FN2O3S. The lowest BCUT2D eigenvalue weighted by atomic mass is 10.1. The van der Waals surface area contributed by atoms with Crippen LogP contribution in [0.15, 0.2) is 53.4 Å². The van der Waals surface area contributed by atoms with Crippen molar-refractivity contribution < 1.29 is 18.8 Å². The van der Waals surface area contributed by atoms with Gasteiger partial charge in [-0.1, -0.05) is 35.9 Å². The summed E-state index contributed by atoms with van der Waals surface area (Å²) >= 11 is 0.761. The fourth-order valence-electron chi connectivity index (χ4n) is 2.51. The fraction of sp³-hybridized carbons (Fsp3) is 0.150. The maximum absolute atomic E-state index is 13.7. The van der Waals surface area contributed by atoms with Gasteiger partial charge >= 0.3 is 0 Å². The number of carbonyl (C=O) groups excluding carboxylic acids is 3. The van der Waals surface area contributed by atoms with E-state index in [-0.39, 0.29) is 29.5 Å². The number of hydrogen-bond acceptors (Lipinski definition) is 4. The first-order valence-electron chi connectivity index (χ1n) is 8.30. The van der Waals surface area contributed by atoms with Crippen LogP contribution in [0.1, 0.15) is 21.5 Å².